The average molecular weight is 539 g/mol. The molecule has 4 rings (SSSR count). The number of hydrogen-bond acceptors (Lipinski definition) is 7. The van der Waals surface area contributed by atoms with Gasteiger partial charge in [0.2, 0.25) is 5.91 Å². The van der Waals surface area contributed by atoms with Gasteiger partial charge in [-0.05, 0) is 89.4 Å². The number of carbonyl (C=O) groups excluding carboxylic acids is 1. The number of hydroxylamine groups is 1. The van der Waals surface area contributed by atoms with E-state index in [2.05, 4.69) is 10.8 Å². The highest BCUT2D eigenvalue weighted by atomic mass is 16.6. The summed E-state index contributed by atoms with van der Waals surface area (Å²) in [6.45, 7) is 0.450. The van der Waals surface area contributed by atoms with Crippen LogP contribution in [0.15, 0.2) is 0 Å². The van der Waals surface area contributed by atoms with Gasteiger partial charge in [-0.2, -0.15) is 5.48 Å². The summed E-state index contributed by atoms with van der Waals surface area (Å²) in [7, 11) is 0. The first-order chi connectivity index (χ1) is 18.3. The van der Waals surface area contributed by atoms with Crippen molar-refractivity contribution >= 4 is 17.8 Å². The molecule has 38 heavy (non-hydrogen) atoms. The molecule has 0 radical (unpaired) electrons. The van der Waals surface area contributed by atoms with E-state index in [1.165, 1.54) is 0 Å². The van der Waals surface area contributed by atoms with Gasteiger partial charge in [0.25, 0.3) is 0 Å². The van der Waals surface area contributed by atoms with Crippen LogP contribution in [-0.2, 0) is 24.0 Å². The predicted octanol–water partition coefficient (Wildman–Crippen LogP) is 3.02. The summed E-state index contributed by atoms with van der Waals surface area (Å²) < 4.78 is 6.40. The average Bonchev–Trinajstić information content (AvgIpc) is 2.90. The molecule has 4 saturated carbocycles. The topological polar surface area (TPSA) is 154 Å². The molecular formula is C28H46N2O8. The zero-order valence-electron chi connectivity index (χ0n) is 22.4. The molecule has 216 valence electrons. The largest absolute Gasteiger partial charge is 0.481 e. The van der Waals surface area contributed by atoms with Crippen LogP contribution in [0.2, 0.25) is 0 Å². The lowest BCUT2D eigenvalue weighted by atomic mass is 9.77. The van der Waals surface area contributed by atoms with Crippen molar-refractivity contribution in [2.75, 3.05) is 6.61 Å². The number of ether oxygens (including phenoxy) is 1. The van der Waals surface area contributed by atoms with Crippen molar-refractivity contribution in [3.63, 3.8) is 0 Å². The van der Waals surface area contributed by atoms with Crippen LogP contribution in [0.4, 0.5) is 0 Å². The summed E-state index contributed by atoms with van der Waals surface area (Å²) in [6, 6.07) is 0.290. The molecule has 0 bridgehead atoms. The molecule has 0 heterocycles. The van der Waals surface area contributed by atoms with E-state index < -0.39 is 29.9 Å². The van der Waals surface area contributed by atoms with Crippen molar-refractivity contribution in [3.8, 4) is 0 Å². The van der Waals surface area contributed by atoms with Gasteiger partial charge in [-0.15, -0.1) is 0 Å². The molecule has 0 aromatic rings. The Morgan fingerprint density at radius 3 is 1.92 bits per heavy atom. The van der Waals surface area contributed by atoms with Gasteiger partial charge in [-0.1, -0.05) is 12.8 Å². The van der Waals surface area contributed by atoms with E-state index in [1.807, 2.05) is 0 Å². The Balaban J connectivity index is 1.10. The Morgan fingerprint density at radius 2 is 1.29 bits per heavy atom. The molecule has 10 nitrogen and oxygen atoms in total. The molecule has 0 aliphatic heterocycles. The number of carbonyl (C=O) groups is 3. The third-order valence-corrected chi connectivity index (χ3v) is 9.33. The number of aliphatic hydroxyl groups is 1. The predicted molar refractivity (Wildman–Crippen MR) is 138 cm³/mol. The van der Waals surface area contributed by atoms with Crippen molar-refractivity contribution in [1.29, 1.82) is 0 Å². The number of rotatable bonds is 10. The number of aliphatic hydroxyl groups excluding tert-OH is 1. The fraction of sp³-hybridized carbons (Fsp3) is 0.893. The lowest BCUT2D eigenvalue weighted by molar-refractivity contribution is -0.151. The number of hydrogen-bond donors (Lipinski definition) is 5. The number of carboxylic acid groups (broad SMARTS) is 2. The lowest BCUT2D eigenvalue weighted by Gasteiger charge is -2.36. The normalized spacial score (nSPS) is 38.3. The van der Waals surface area contributed by atoms with Gasteiger partial charge in [0.1, 0.15) is 0 Å². The number of aliphatic carboxylic acids is 2. The third-order valence-electron chi connectivity index (χ3n) is 9.33. The van der Waals surface area contributed by atoms with Crippen LogP contribution < -0.4 is 10.8 Å². The summed E-state index contributed by atoms with van der Waals surface area (Å²) in [5.74, 6) is -3.50. The number of amides is 1. The van der Waals surface area contributed by atoms with Crippen LogP contribution in [0.3, 0.4) is 0 Å². The van der Waals surface area contributed by atoms with Crippen LogP contribution >= 0.6 is 0 Å². The summed E-state index contributed by atoms with van der Waals surface area (Å²) >= 11 is 0. The molecule has 5 atom stereocenters. The molecule has 0 saturated heterocycles. The van der Waals surface area contributed by atoms with Crippen molar-refractivity contribution < 1.29 is 39.3 Å². The highest BCUT2D eigenvalue weighted by molar-refractivity contribution is 5.85. The van der Waals surface area contributed by atoms with Gasteiger partial charge in [-0.3, -0.25) is 14.4 Å². The summed E-state index contributed by atoms with van der Waals surface area (Å²) in [6.07, 6.45) is 11.7. The van der Waals surface area contributed by atoms with E-state index in [0.29, 0.717) is 19.4 Å². The molecule has 4 fully saturated rings. The molecule has 5 unspecified atom stereocenters. The quantitative estimate of drug-likeness (QED) is 0.264. The van der Waals surface area contributed by atoms with Gasteiger partial charge >= 0.3 is 11.9 Å². The maximum atomic E-state index is 12.8. The van der Waals surface area contributed by atoms with Crippen LogP contribution in [0.5, 0.6) is 0 Å². The van der Waals surface area contributed by atoms with Crippen molar-refractivity contribution in [1.82, 2.24) is 10.8 Å². The number of nitrogens with one attached hydrogen (secondary N) is 2. The van der Waals surface area contributed by atoms with Crippen molar-refractivity contribution in [2.45, 2.75) is 127 Å². The minimum Gasteiger partial charge on any atom is -0.481 e. The molecule has 0 spiro atoms. The Bertz CT molecular complexity index is 794. The van der Waals surface area contributed by atoms with Crippen molar-refractivity contribution in [3.05, 3.63) is 0 Å². The first-order valence-electron chi connectivity index (χ1n) is 14.8. The molecule has 0 aromatic carbocycles. The second-order valence-corrected chi connectivity index (χ2v) is 12.0. The second-order valence-electron chi connectivity index (χ2n) is 12.0. The minimum absolute atomic E-state index is 0.0258. The van der Waals surface area contributed by atoms with Gasteiger partial charge in [0, 0.05) is 12.1 Å². The van der Waals surface area contributed by atoms with Crippen molar-refractivity contribution in [2.24, 2.45) is 23.7 Å². The molecular weight excluding hydrogens is 492 g/mol. The summed E-state index contributed by atoms with van der Waals surface area (Å²) in [5, 5.41) is 31.9. The zero-order valence-corrected chi connectivity index (χ0v) is 22.4. The molecule has 0 aromatic heterocycles. The molecule has 10 heteroatoms. The maximum Gasteiger partial charge on any atom is 0.307 e. The third kappa shape index (κ3) is 8.13. The summed E-state index contributed by atoms with van der Waals surface area (Å²) in [5.41, 5.74) is 3.18. The molecule has 4 aliphatic carbocycles. The van der Waals surface area contributed by atoms with Gasteiger partial charge in [-0.25, -0.2) is 0 Å². The van der Waals surface area contributed by atoms with E-state index in [-0.39, 0.29) is 48.5 Å². The van der Waals surface area contributed by atoms with E-state index >= 15 is 0 Å². The molecule has 5 N–H and O–H groups in total. The maximum absolute atomic E-state index is 12.8. The minimum atomic E-state index is -0.957. The van der Waals surface area contributed by atoms with E-state index in [9.17, 15) is 29.7 Å². The van der Waals surface area contributed by atoms with Crippen LogP contribution in [-0.4, -0.2) is 70.2 Å². The monoisotopic (exact) mass is 538 g/mol. The van der Waals surface area contributed by atoms with Crippen LogP contribution in [0, 0.1) is 23.7 Å². The van der Waals surface area contributed by atoms with Crippen LogP contribution in [0.25, 0.3) is 0 Å². The van der Waals surface area contributed by atoms with E-state index in [0.717, 1.165) is 77.0 Å². The standard InChI is InChI=1S/C28H46N2O8/c31-20-9-14-24(28(35)36)25(15-20)26(32)29-18-5-10-21(11-6-18)38-22-12-7-19(8-13-22)30-37-16-17-3-1-2-4-23(17)27(33)34/h17-25,30-31H,1-16H2,(H,29,32)(H,33,34)(H,35,36). The Hall–Kier alpha value is -1.75. The Kier molecular flexibility index (Phi) is 10.8. The zero-order chi connectivity index (χ0) is 27.1. The summed E-state index contributed by atoms with van der Waals surface area (Å²) in [4.78, 5) is 41.6. The van der Waals surface area contributed by atoms with Crippen LogP contribution in [0.1, 0.15) is 96.3 Å². The fourth-order valence-corrected chi connectivity index (χ4v) is 6.98. The van der Waals surface area contributed by atoms with E-state index in [1.54, 1.807) is 0 Å². The second kappa shape index (κ2) is 14.1. The molecule has 4 aliphatic rings. The SMILES string of the molecule is O=C(O)C1CCCCC1CONC1CCC(OC2CCC(NC(=O)C3CC(O)CCC3C(=O)O)CC2)CC1. The van der Waals surface area contributed by atoms with E-state index in [4.69, 9.17) is 9.57 Å². The first kappa shape index (κ1) is 29.2. The number of carboxylic acids is 2. The van der Waals surface area contributed by atoms with Gasteiger partial charge < -0.3 is 30.2 Å². The highest BCUT2D eigenvalue weighted by Gasteiger charge is 2.40. The van der Waals surface area contributed by atoms with Gasteiger partial charge in [0.15, 0.2) is 0 Å². The molecule has 1 amide bonds. The Labute approximate surface area is 225 Å². The Morgan fingerprint density at radius 1 is 0.684 bits per heavy atom. The fourth-order valence-electron chi connectivity index (χ4n) is 6.98. The smallest absolute Gasteiger partial charge is 0.307 e. The first-order valence-corrected chi connectivity index (χ1v) is 14.8. The van der Waals surface area contributed by atoms with Gasteiger partial charge in [0.05, 0.1) is 42.7 Å². The lowest BCUT2D eigenvalue weighted by Crippen LogP contribution is -2.47. The highest BCUT2D eigenvalue weighted by Crippen LogP contribution is 2.33.